The van der Waals surface area contributed by atoms with Crippen LogP contribution in [0.3, 0.4) is 0 Å². The molecular formula is C14H17NO2S. The van der Waals surface area contributed by atoms with Gasteiger partial charge in [-0.3, -0.25) is 0 Å². The van der Waals surface area contributed by atoms with Crippen LogP contribution >= 0.6 is 12.2 Å². The molecule has 0 aliphatic rings. The molecule has 0 amide bonds. The predicted octanol–water partition coefficient (Wildman–Crippen LogP) is 4.16. The first-order valence-electron chi connectivity index (χ1n) is 6.13. The Morgan fingerprint density at radius 3 is 2.94 bits per heavy atom. The molecule has 0 unspecified atom stereocenters. The lowest BCUT2D eigenvalue weighted by Gasteiger charge is -2.04. The molecule has 0 fully saturated rings. The van der Waals surface area contributed by atoms with Crippen LogP contribution in [0, 0.1) is 0 Å². The molecule has 0 aliphatic heterocycles. The number of rotatable bonds is 7. The summed E-state index contributed by atoms with van der Waals surface area (Å²) in [7, 11) is 0. The van der Waals surface area contributed by atoms with Crippen molar-refractivity contribution in [1.82, 2.24) is 0 Å². The van der Waals surface area contributed by atoms with Gasteiger partial charge in [0.15, 0.2) is 0 Å². The van der Waals surface area contributed by atoms with Crippen molar-refractivity contribution >= 4 is 29.0 Å². The third-order valence-electron chi connectivity index (χ3n) is 2.49. The van der Waals surface area contributed by atoms with Crippen molar-refractivity contribution in [3.63, 3.8) is 0 Å². The number of thiocarbonyl (C=S) groups is 1. The molecule has 0 radical (unpaired) electrons. The average molecular weight is 263 g/mol. The summed E-state index contributed by atoms with van der Waals surface area (Å²) in [6.07, 6.45) is 4.36. The van der Waals surface area contributed by atoms with E-state index in [2.05, 4.69) is 29.3 Å². The van der Waals surface area contributed by atoms with E-state index in [1.54, 1.807) is 24.3 Å². The molecule has 1 aromatic rings. The van der Waals surface area contributed by atoms with Gasteiger partial charge < -0.3 is 4.74 Å². The monoisotopic (exact) mass is 263 g/mol. The summed E-state index contributed by atoms with van der Waals surface area (Å²) in [5, 5.41) is 2.27. The first-order valence-corrected chi connectivity index (χ1v) is 6.53. The predicted molar refractivity (Wildman–Crippen MR) is 75.6 cm³/mol. The highest BCUT2D eigenvalue weighted by atomic mass is 32.1. The minimum Gasteiger partial charge on any atom is -0.462 e. The van der Waals surface area contributed by atoms with Crippen LogP contribution in [0.15, 0.2) is 29.3 Å². The van der Waals surface area contributed by atoms with Crippen LogP contribution in [0.25, 0.3) is 0 Å². The zero-order chi connectivity index (χ0) is 13.2. The van der Waals surface area contributed by atoms with E-state index in [4.69, 9.17) is 4.74 Å². The van der Waals surface area contributed by atoms with E-state index in [9.17, 15) is 4.79 Å². The smallest absolute Gasteiger partial charge is 0.338 e. The molecule has 0 atom stereocenters. The molecule has 18 heavy (non-hydrogen) atoms. The van der Waals surface area contributed by atoms with Crippen LogP contribution in [0.4, 0.5) is 5.69 Å². The van der Waals surface area contributed by atoms with Crippen LogP contribution in [0.2, 0.25) is 0 Å². The first-order chi connectivity index (χ1) is 8.77. The highest BCUT2D eigenvalue weighted by molar-refractivity contribution is 7.78. The van der Waals surface area contributed by atoms with Crippen molar-refractivity contribution in [2.75, 3.05) is 6.61 Å². The summed E-state index contributed by atoms with van der Waals surface area (Å²) in [6.45, 7) is 2.62. The first kappa shape index (κ1) is 14.6. The van der Waals surface area contributed by atoms with Crippen molar-refractivity contribution in [1.29, 1.82) is 0 Å². The van der Waals surface area contributed by atoms with Crippen molar-refractivity contribution in [3.05, 3.63) is 29.8 Å². The van der Waals surface area contributed by atoms with Crippen LogP contribution < -0.4 is 0 Å². The van der Waals surface area contributed by atoms with E-state index in [-0.39, 0.29) is 5.97 Å². The molecular weight excluding hydrogens is 246 g/mol. The van der Waals surface area contributed by atoms with Crippen LogP contribution in [0.1, 0.15) is 43.0 Å². The molecule has 0 aromatic heterocycles. The number of benzene rings is 1. The van der Waals surface area contributed by atoms with Gasteiger partial charge >= 0.3 is 5.97 Å². The summed E-state index contributed by atoms with van der Waals surface area (Å²) >= 11 is 4.52. The number of esters is 1. The minimum absolute atomic E-state index is 0.312. The number of hydrogen-bond acceptors (Lipinski definition) is 4. The number of nitrogens with zero attached hydrogens (tertiary/aromatic N) is 1. The topological polar surface area (TPSA) is 38.7 Å². The third-order valence-corrected chi connectivity index (χ3v) is 2.58. The molecule has 0 saturated carbocycles. The Kier molecular flexibility index (Phi) is 6.92. The highest BCUT2D eigenvalue weighted by Crippen LogP contribution is 2.14. The fraction of sp³-hybridized carbons (Fsp3) is 0.429. The number of ether oxygens (including phenoxy) is 1. The Labute approximate surface area is 113 Å². The van der Waals surface area contributed by atoms with Gasteiger partial charge in [-0.15, -0.1) is 0 Å². The van der Waals surface area contributed by atoms with Gasteiger partial charge in [0, 0.05) is 0 Å². The van der Waals surface area contributed by atoms with E-state index in [0.717, 1.165) is 12.8 Å². The van der Waals surface area contributed by atoms with Gasteiger partial charge in [0.2, 0.25) is 0 Å². The van der Waals surface area contributed by atoms with Crippen molar-refractivity contribution in [3.8, 4) is 0 Å². The lowest BCUT2D eigenvalue weighted by molar-refractivity contribution is 0.0498. The van der Waals surface area contributed by atoms with Crippen molar-refractivity contribution < 1.29 is 9.53 Å². The highest BCUT2D eigenvalue weighted by Gasteiger charge is 2.06. The van der Waals surface area contributed by atoms with Gasteiger partial charge in [0.05, 0.1) is 23.0 Å². The molecule has 0 N–H and O–H groups in total. The Morgan fingerprint density at radius 2 is 2.22 bits per heavy atom. The van der Waals surface area contributed by atoms with E-state index in [1.807, 2.05) is 0 Å². The Hall–Kier alpha value is -1.51. The summed E-state index contributed by atoms with van der Waals surface area (Å²) < 4.78 is 5.18. The fourth-order valence-corrected chi connectivity index (χ4v) is 1.64. The second-order valence-electron chi connectivity index (χ2n) is 3.95. The summed E-state index contributed by atoms with van der Waals surface area (Å²) in [6, 6.07) is 6.86. The largest absolute Gasteiger partial charge is 0.462 e. The third kappa shape index (κ3) is 5.21. The van der Waals surface area contributed by atoms with Gasteiger partial charge in [0.1, 0.15) is 0 Å². The van der Waals surface area contributed by atoms with Gasteiger partial charge in [-0.05, 0) is 36.8 Å². The lowest BCUT2D eigenvalue weighted by Crippen LogP contribution is -2.06. The van der Waals surface area contributed by atoms with Gasteiger partial charge in [-0.2, -0.15) is 4.99 Å². The molecule has 0 spiro atoms. The minimum atomic E-state index is -0.312. The molecule has 0 saturated heterocycles. The molecule has 0 aliphatic carbocycles. The average Bonchev–Trinajstić information content (AvgIpc) is 2.39. The number of aliphatic imine (C=N–C) groups is 1. The molecule has 4 heteroatoms. The number of unbranched alkanes of at least 4 members (excludes halogenated alkanes) is 3. The second kappa shape index (κ2) is 8.56. The van der Waals surface area contributed by atoms with E-state index in [1.165, 1.54) is 12.8 Å². The number of carbonyl (C=O) groups is 1. The zero-order valence-electron chi connectivity index (χ0n) is 10.5. The zero-order valence-corrected chi connectivity index (χ0v) is 11.3. The molecule has 1 aromatic carbocycles. The van der Waals surface area contributed by atoms with Crippen molar-refractivity contribution in [2.24, 2.45) is 4.99 Å². The molecule has 0 heterocycles. The quantitative estimate of drug-likeness (QED) is 0.321. The summed E-state index contributed by atoms with van der Waals surface area (Å²) in [5.41, 5.74) is 1.11. The van der Waals surface area contributed by atoms with E-state index >= 15 is 0 Å². The van der Waals surface area contributed by atoms with Crippen LogP contribution in [-0.4, -0.2) is 17.7 Å². The van der Waals surface area contributed by atoms with Crippen LogP contribution in [0.5, 0.6) is 0 Å². The second-order valence-corrected chi connectivity index (χ2v) is 4.13. The van der Waals surface area contributed by atoms with Gasteiger partial charge in [-0.25, -0.2) is 4.79 Å². The maximum atomic E-state index is 11.7. The maximum absolute atomic E-state index is 11.7. The Balaban J connectivity index is 2.46. The standard InChI is InChI=1S/C14H17NO2S/c1-2-3-4-5-9-17-14(16)12-7-6-8-13(10-12)15-11-18/h6-8,10H,2-5,9H2,1H3. The molecule has 1 rings (SSSR count). The Bertz CT molecular complexity index is 439. The van der Waals surface area contributed by atoms with E-state index < -0.39 is 0 Å². The van der Waals surface area contributed by atoms with Crippen LogP contribution in [-0.2, 0) is 4.74 Å². The molecule has 0 bridgehead atoms. The normalized spacial score (nSPS) is 9.61. The summed E-state index contributed by atoms with van der Waals surface area (Å²) in [4.78, 5) is 15.6. The maximum Gasteiger partial charge on any atom is 0.338 e. The summed E-state index contributed by atoms with van der Waals surface area (Å²) in [5.74, 6) is -0.312. The Morgan fingerprint density at radius 1 is 1.39 bits per heavy atom. The van der Waals surface area contributed by atoms with Gasteiger partial charge in [-0.1, -0.05) is 32.3 Å². The lowest BCUT2D eigenvalue weighted by atomic mass is 10.2. The fourth-order valence-electron chi connectivity index (χ4n) is 1.53. The van der Waals surface area contributed by atoms with E-state index in [0.29, 0.717) is 17.9 Å². The van der Waals surface area contributed by atoms with Gasteiger partial charge in [0.25, 0.3) is 0 Å². The SMILES string of the molecule is CCCCCCOC(=O)c1cccc(N=C=S)c1. The molecule has 96 valence electrons. The number of carbonyl (C=O) groups excluding carboxylic acids is 1. The number of isothiocyanates is 1. The van der Waals surface area contributed by atoms with Crippen molar-refractivity contribution in [2.45, 2.75) is 32.6 Å². The number of hydrogen-bond donors (Lipinski definition) is 0. The molecule has 3 nitrogen and oxygen atoms in total.